The molecule has 6 nitrogen and oxygen atoms in total. The lowest BCUT2D eigenvalue weighted by molar-refractivity contribution is -0.156. The average Bonchev–Trinajstić information content (AvgIpc) is 2.61. The number of esters is 1. The standard InChI is InChI=1S/C17H20N2O4/c1-3-7-15(14-9-4-5-10-18-14)23-16(20)13-8-6-11-19(12-13)17(21)22-2/h1,4-5,9-10,13,15H,6-8,11-12H2,2H3/t13-,15+/m1/s1. The second-order valence-electron chi connectivity index (χ2n) is 5.34. The van der Waals surface area contributed by atoms with Crippen molar-refractivity contribution in [1.82, 2.24) is 9.88 Å². The van der Waals surface area contributed by atoms with Crippen molar-refractivity contribution in [3.05, 3.63) is 30.1 Å². The van der Waals surface area contributed by atoms with E-state index in [1.54, 1.807) is 18.3 Å². The number of nitrogens with zero attached hydrogens (tertiary/aromatic N) is 2. The number of terminal acetylenes is 1. The zero-order valence-corrected chi connectivity index (χ0v) is 13.1. The second-order valence-corrected chi connectivity index (χ2v) is 5.34. The predicted molar refractivity (Wildman–Crippen MR) is 83.2 cm³/mol. The summed E-state index contributed by atoms with van der Waals surface area (Å²) in [6, 6.07) is 5.38. The van der Waals surface area contributed by atoms with Crippen LogP contribution in [-0.2, 0) is 14.3 Å². The molecule has 0 bridgehead atoms. The minimum Gasteiger partial charge on any atom is -0.455 e. The van der Waals surface area contributed by atoms with Crippen molar-refractivity contribution >= 4 is 12.1 Å². The summed E-state index contributed by atoms with van der Waals surface area (Å²) in [6.07, 6.45) is 7.67. The van der Waals surface area contributed by atoms with Crippen LogP contribution in [0.3, 0.4) is 0 Å². The first kappa shape index (κ1) is 16.8. The summed E-state index contributed by atoms with van der Waals surface area (Å²) in [5.41, 5.74) is 0.624. The molecule has 2 rings (SSSR count). The SMILES string of the molecule is C#CC[C@H](OC(=O)[C@@H]1CCCN(C(=O)OC)C1)c1ccccn1. The molecule has 0 aliphatic carbocycles. The van der Waals surface area contributed by atoms with Gasteiger partial charge >= 0.3 is 12.1 Å². The summed E-state index contributed by atoms with van der Waals surface area (Å²) in [6.45, 7) is 0.890. The van der Waals surface area contributed by atoms with E-state index < -0.39 is 12.2 Å². The van der Waals surface area contributed by atoms with Crippen molar-refractivity contribution in [3.63, 3.8) is 0 Å². The average molecular weight is 316 g/mol. The Morgan fingerprint density at radius 2 is 2.35 bits per heavy atom. The van der Waals surface area contributed by atoms with Crippen molar-refractivity contribution in [2.45, 2.75) is 25.4 Å². The van der Waals surface area contributed by atoms with Crippen molar-refractivity contribution in [2.75, 3.05) is 20.2 Å². The lowest BCUT2D eigenvalue weighted by Gasteiger charge is -2.31. The minimum atomic E-state index is -0.567. The zero-order chi connectivity index (χ0) is 16.7. The van der Waals surface area contributed by atoms with Crippen molar-refractivity contribution in [2.24, 2.45) is 5.92 Å². The number of methoxy groups -OCH3 is 1. The van der Waals surface area contributed by atoms with Gasteiger partial charge in [-0.15, -0.1) is 12.3 Å². The molecule has 23 heavy (non-hydrogen) atoms. The van der Waals surface area contributed by atoms with E-state index in [1.807, 2.05) is 6.07 Å². The summed E-state index contributed by atoms with van der Waals surface area (Å²) in [5.74, 6) is 1.78. The molecular weight excluding hydrogens is 296 g/mol. The molecular formula is C17H20N2O4. The second kappa shape index (κ2) is 8.18. The fourth-order valence-corrected chi connectivity index (χ4v) is 2.58. The fourth-order valence-electron chi connectivity index (χ4n) is 2.58. The van der Waals surface area contributed by atoms with E-state index in [9.17, 15) is 9.59 Å². The maximum atomic E-state index is 12.4. The van der Waals surface area contributed by atoms with E-state index in [0.29, 0.717) is 25.2 Å². The van der Waals surface area contributed by atoms with Crippen LogP contribution in [0.25, 0.3) is 0 Å². The lowest BCUT2D eigenvalue weighted by atomic mass is 9.98. The molecule has 0 N–H and O–H groups in total. The third-order valence-corrected chi connectivity index (χ3v) is 3.77. The molecule has 1 aromatic rings. The number of hydrogen-bond donors (Lipinski definition) is 0. The molecule has 0 unspecified atom stereocenters. The van der Waals surface area contributed by atoms with Gasteiger partial charge in [-0.2, -0.15) is 0 Å². The number of piperidine rings is 1. The number of amides is 1. The molecule has 0 radical (unpaired) electrons. The van der Waals surface area contributed by atoms with Crippen LogP contribution in [0, 0.1) is 18.3 Å². The van der Waals surface area contributed by atoms with Gasteiger partial charge < -0.3 is 14.4 Å². The van der Waals surface area contributed by atoms with Crippen LogP contribution in [0.4, 0.5) is 4.79 Å². The number of pyridine rings is 1. The molecule has 122 valence electrons. The molecule has 2 heterocycles. The van der Waals surface area contributed by atoms with E-state index in [-0.39, 0.29) is 18.3 Å². The molecule has 2 atom stereocenters. The third kappa shape index (κ3) is 4.46. The van der Waals surface area contributed by atoms with Crippen molar-refractivity contribution in [3.8, 4) is 12.3 Å². The Hall–Kier alpha value is -2.55. The van der Waals surface area contributed by atoms with E-state index in [2.05, 4.69) is 10.9 Å². The molecule has 1 aliphatic heterocycles. The monoisotopic (exact) mass is 316 g/mol. The molecule has 1 amide bonds. The van der Waals surface area contributed by atoms with Gasteiger partial charge in [0.15, 0.2) is 6.10 Å². The zero-order valence-electron chi connectivity index (χ0n) is 13.1. The highest BCUT2D eigenvalue weighted by Crippen LogP contribution is 2.24. The van der Waals surface area contributed by atoms with Gasteiger partial charge in [0.2, 0.25) is 0 Å². The minimum absolute atomic E-state index is 0.260. The van der Waals surface area contributed by atoms with Crippen LogP contribution < -0.4 is 0 Å². The van der Waals surface area contributed by atoms with E-state index >= 15 is 0 Å². The third-order valence-electron chi connectivity index (χ3n) is 3.77. The highest BCUT2D eigenvalue weighted by Gasteiger charge is 2.31. The Kier molecular flexibility index (Phi) is 5.98. The largest absolute Gasteiger partial charge is 0.455 e. The van der Waals surface area contributed by atoms with E-state index in [0.717, 1.165) is 6.42 Å². The van der Waals surface area contributed by atoms with Gasteiger partial charge in [0, 0.05) is 19.3 Å². The number of hydrogen-bond acceptors (Lipinski definition) is 5. The Morgan fingerprint density at radius 3 is 3.00 bits per heavy atom. The molecule has 1 fully saturated rings. The molecule has 1 aliphatic rings. The molecule has 6 heteroatoms. The predicted octanol–water partition coefficient (Wildman–Crippen LogP) is 2.17. The number of aromatic nitrogens is 1. The summed E-state index contributed by atoms with van der Waals surface area (Å²) in [7, 11) is 1.33. The van der Waals surface area contributed by atoms with Crippen LogP contribution in [-0.4, -0.2) is 42.1 Å². The van der Waals surface area contributed by atoms with Gasteiger partial charge in [-0.05, 0) is 25.0 Å². The van der Waals surface area contributed by atoms with Crippen LogP contribution >= 0.6 is 0 Å². The molecule has 0 aromatic carbocycles. The summed E-state index contributed by atoms with van der Waals surface area (Å²) in [4.78, 5) is 29.7. The maximum Gasteiger partial charge on any atom is 0.409 e. The van der Waals surface area contributed by atoms with Crippen LogP contribution in [0.2, 0.25) is 0 Å². The quantitative estimate of drug-likeness (QED) is 0.629. The highest BCUT2D eigenvalue weighted by molar-refractivity contribution is 5.75. The highest BCUT2D eigenvalue weighted by atomic mass is 16.5. The Morgan fingerprint density at radius 1 is 1.52 bits per heavy atom. The number of likely N-dealkylation sites (tertiary alicyclic amines) is 1. The van der Waals surface area contributed by atoms with Crippen LogP contribution in [0.15, 0.2) is 24.4 Å². The van der Waals surface area contributed by atoms with Gasteiger partial charge in [0.25, 0.3) is 0 Å². The number of carbonyl (C=O) groups is 2. The maximum absolute atomic E-state index is 12.4. The fraction of sp³-hybridized carbons (Fsp3) is 0.471. The Bertz CT molecular complexity index is 582. The molecule has 1 aromatic heterocycles. The van der Waals surface area contributed by atoms with Gasteiger partial charge in [0.1, 0.15) is 0 Å². The first-order chi connectivity index (χ1) is 11.2. The number of ether oxygens (including phenoxy) is 2. The van der Waals surface area contributed by atoms with Gasteiger partial charge in [0.05, 0.1) is 25.1 Å². The Labute approximate surface area is 135 Å². The first-order valence-electron chi connectivity index (χ1n) is 7.53. The van der Waals surface area contributed by atoms with Crippen LogP contribution in [0.5, 0.6) is 0 Å². The van der Waals surface area contributed by atoms with E-state index in [4.69, 9.17) is 15.9 Å². The number of carbonyl (C=O) groups excluding carboxylic acids is 2. The molecule has 1 saturated heterocycles. The van der Waals surface area contributed by atoms with Gasteiger partial charge in [-0.25, -0.2) is 4.79 Å². The van der Waals surface area contributed by atoms with Gasteiger partial charge in [-0.3, -0.25) is 9.78 Å². The Balaban J connectivity index is 2.01. The first-order valence-corrected chi connectivity index (χ1v) is 7.53. The topological polar surface area (TPSA) is 68.7 Å². The normalized spacial score (nSPS) is 18.6. The summed E-state index contributed by atoms with van der Waals surface area (Å²) >= 11 is 0. The smallest absolute Gasteiger partial charge is 0.409 e. The molecule has 0 saturated carbocycles. The molecule has 0 spiro atoms. The van der Waals surface area contributed by atoms with Gasteiger partial charge in [-0.1, -0.05) is 6.07 Å². The summed E-state index contributed by atoms with van der Waals surface area (Å²) < 4.78 is 10.3. The lowest BCUT2D eigenvalue weighted by Crippen LogP contribution is -2.42. The van der Waals surface area contributed by atoms with Crippen molar-refractivity contribution < 1.29 is 19.1 Å². The van der Waals surface area contributed by atoms with Crippen LogP contribution in [0.1, 0.15) is 31.1 Å². The number of rotatable bonds is 4. The van der Waals surface area contributed by atoms with E-state index in [1.165, 1.54) is 12.0 Å². The summed E-state index contributed by atoms with van der Waals surface area (Å²) in [5, 5.41) is 0. The van der Waals surface area contributed by atoms with Crippen molar-refractivity contribution in [1.29, 1.82) is 0 Å².